The van der Waals surface area contributed by atoms with Crippen LogP contribution < -0.4 is 10.0 Å². The molecule has 0 fully saturated rings. The Kier molecular flexibility index (Phi) is 7.07. The number of benzene rings is 2. The van der Waals surface area contributed by atoms with Crippen LogP contribution >= 0.6 is 8.58 Å². The van der Waals surface area contributed by atoms with Crippen LogP contribution in [-0.4, -0.2) is 20.2 Å². The predicted molar refractivity (Wildman–Crippen MR) is 120 cm³/mol. The van der Waals surface area contributed by atoms with Gasteiger partial charge in [0.05, 0.1) is 0 Å². The summed E-state index contributed by atoms with van der Waals surface area (Å²) in [6.07, 6.45) is 0.963. The zero-order valence-corrected chi connectivity index (χ0v) is 19.4. The normalized spacial score (nSPS) is 12.6. The number of carbonyl (C=O) groups is 1. The minimum Gasteiger partial charge on any atom is -0.467 e. The molecule has 0 aliphatic heterocycles. The second-order valence-corrected chi connectivity index (χ2v) is 11.0. The van der Waals surface area contributed by atoms with Gasteiger partial charge >= 0.3 is 0 Å². The average Bonchev–Trinajstić information content (AvgIpc) is 2.60. The molecule has 0 aliphatic carbocycles. The van der Waals surface area contributed by atoms with Crippen LogP contribution in [0.5, 0.6) is 5.75 Å². The monoisotopic (exact) mass is 400 g/mol. The molecule has 0 aromatic heterocycles. The van der Waals surface area contributed by atoms with Gasteiger partial charge in [0.2, 0.25) is 0 Å². The van der Waals surface area contributed by atoms with Gasteiger partial charge in [0, 0.05) is 23.4 Å². The van der Waals surface area contributed by atoms with E-state index in [1.54, 1.807) is 7.11 Å². The maximum atomic E-state index is 11.6. The van der Waals surface area contributed by atoms with E-state index in [-0.39, 0.29) is 17.4 Å². The zero-order chi connectivity index (χ0) is 21.1. The van der Waals surface area contributed by atoms with E-state index in [0.717, 1.165) is 39.6 Å². The minimum atomic E-state index is -0.192. The molecule has 2 aromatic carbocycles. The van der Waals surface area contributed by atoms with Crippen LogP contribution in [0.1, 0.15) is 67.2 Å². The Labute approximate surface area is 171 Å². The molecule has 0 aliphatic rings. The third kappa shape index (κ3) is 5.21. The van der Waals surface area contributed by atoms with Crippen molar-refractivity contribution in [2.45, 2.75) is 59.0 Å². The fourth-order valence-corrected chi connectivity index (χ4v) is 4.71. The van der Waals surface area contributed by atoms with Crippen LogP contribution in [0.25, 0.3) is 0 Å². The van der Waals surface area contributed by atoms with Crippen LogP contribution in [0.4, 0.5) is 0 Å². The van der Waals surface area contributed by atoms with Gasteiger partial charge in [0.15, 0.2) is 13.1 Å². The van der Waals surface area contributed by atoms with Gasteiger partial charge in [-0.25, -0.2) is 0 Å². The van der Waals surface area contributed by atoms with Crippen molar-refractivity contribution in [3.63, 3.8) is 0 Å². The Balaban J connectivity index is 2.58. The summed E-state index contributed by atoms with van der Waals surface area (Å²) in [4.78, 5) is 11.6. The highest BCUT2D eigenvalue weighted by Gasteiger charge is 2.29. The van der Waals surface area contributed by atoms with Crippen molar-refractivity contribution >= 4 is 20.2 Å². The van der Waals surface area contributed by atoms with Crippen molar-refractivity contribution < 1.29 is 14.3 Å². The molecule has 152 valence electrons. The first-order valence-electron chi connectivity index (χ1n) is 9.61. The van der Waals surface area contributed by atoms with E-state index >= 15 is 0 Å². The highest BCUT2D eigenvalue weighted by Crippen LogP contribution is 2.47. The molecule has 0 N–H and O–H groups in total. The highest BCUT2D eigenvalue weighted by molar-refractivity contribution is 7.48. The SMILES string of the molecule is COCOc1c(C)cc(C(C)(C)C)cc1C(C)(C)Pc1ccc(C)cc1C=O. The van der Waals surface area contributed by atoms with Gasteiger partial charge in [0.25, 0.3) is 0 Å². The topological polar surface area (TPSA) is 35.5 Å². The van der Waals surface area contributed by atoms with Crippen LogP contribution in [-0.2, 0) is 15.3 Å². The standard InChI is InChI=1S/C24H33O3P/c1-16-9-10-21(18(11-16)14-25)28-24(6,7)20-13-19(23(3,4)5)12-17(2)22(20)27-15-26-8/h9-14,28H,15H2,1-8H3. The van der Waals surface area contributed by atoms with E-state index in [9.17, 15) is 4.79 Å². The smallest absolute Gasteiger partial charge is 0.188 e. The largest absolute Gasteiger partial charge is 0.467 e. The summed E-state index contributed by atoms with van der Waals surface area (Å²) >= 11 is 0. The summed E-state index contributed by atoms with van der Waals surface area (Å²) in [7, 11) is 2.07. The maximum Gasteiger partial charge on any atom is 0.188 e. The molecule has 0 bridgehead atoms. The van der Waals surface area contributed by atoms with Crippen molar-refractivity contribution in [1.29, 1.82) is 0 Å². The first-order chi connectivity index (χ1) is 13.0. The Hall–Kier alpha value is -1.70. The van der Waals surface area contributed by atoms with E-state index in [1.807, 2.05) is 13.0 Å². The number of aldehydes is 1. The lowest BCUT2D eigenvalue weighted by Crippen LogP contribution is -2.21. The number of ether oxygens (including phenoxy) is 2. The maximum absolute atomic E-state index is 11.6. The Morgan fingerprint density at radius 1 is 1.04 bits per heavy atom. The van der Waals surface area contributed by atoms with E-state index in [4.69, 9.17) is 9.47 Å². The summed E-state index contributed by atoms with van der Waals surface area (Å²) in [6, 6.07) is 10.6. The van der Waals surface area contributed by atoms with Crippen LogP contribution in [0.15, 0.2) is 30.3 Å². The third-order valence-corrected chi connectivity index (χ3v) is 6.54. The van der Waals surface area contributed by atoms with Gasteiger partial charge in [0.1, 0.15) is 5.75 Å². The summed E-state index contributed by atoms with van der Waals surface area (Å²) in [5.41, 5.74) is 5.46. The van der Waals surface area contributed by atoms with Crippen LogP contribution in [0.3, 0.4) is 0 Å². The van der Waals surface area contributed by atoms with Crippen molar-refractivity contribution in [1.82, 2.24) is 0 Å². The summed E-state index contributed by atoms with van der Waals surface area (Å²) in [5, 5.41) is 0.893. The van der Waals surface area contributed by atoms with Gasteiger partial charge in [-0.15, -0.1) is 0 Å². The molecule has 0 saturated carbocycles. The molecule has 2 rings (SSSR count). The number of hydrogen-bond acceptors (Lipinski definition) is 3. The van der Waals surface area contributed by atoms with E-state index in [2.05, 4.69) is 65.8 Å². The molecule has 0 heterocycles. The third-order valence-electron chi connectivity index (χ3n) is 4.92. The van der Waals surface area contributed by atoms with Gasteiger partial charge in [-0.3, -0.25) is 4.79 Å². The minimum absolute atomic E-state index is 0.0380. The van der Waals surface area contributed by atoms with Gasteiger partial charge in [-0.2, -0.15) is 0 Å². The molecular formula is C24H33O3P. The number of carbonyl (C=O) groups excluding carboxylic acids is 1. The molecule has 4 heteroatoms. The van der Waals surface area contributed by atoms with Crippen molar-refractivity contribution in [3.8, 4) is 5.75 Å². The number of methoxy groups -OCH3 is 1. The number of hydrogen-bond donors (Lipinski definition) is 0. The molecule has 28 heavy (non-hydrogen) atoms. The zero-order valence-electron chi connectivity index (χ0n) is 18.4. The molecule has 2 aromatic rings. The van der Waals surface area contributed by atoms with Crippen LogP contribution in [0.2, 0.25) is 0 Å². The quantitative estimate of drug-likeness (QED) is 0.343. The van der Waals surface area contributed by atoms with Crippen molar-refractivity contribution in [3.05, 3.63) is 58.1 Å². The molecule has 3 nitrogen and oxygen atoms in total. The molecular weight excluding hydrogens is 367 g/mol. The van der Waals surface area contributed by atoms with E-state index in [1.165, 1.54) is 5.56 Å². The van der Waals surface area contributed by atoms with E-state index < -0.39 is 0 Å². The Morgan fingerprint density at radius 2 is 1.71 bits per heavy atom. The lowest BCUT2D eigenvalue weighted by molar-refractivity contribution is 0.0496. The van der Waals surface area contributed by atoms with Gasteiger partial charge in [-0.05, 0) is 41.8 Å². The second kappa shape index (κ2) is 8.76. The molecule has 0 spiro atoms. The molecule has 0 amide bonds. The molecule has 0 saturated heterocycles. The second-order valence-electron chi connectivity index (χ2n) is 8.93. The first kappa shape index (κ1) is 22.6. The lowest BCUT2D eigenvalue weighted by Gasteiger charge is -2.32. The van der Waals surface area contributed by atoms with Crippen molar-refractivity contribution in [2.24, 2.45) is 0 Å². The summed E-state index contributed by atoms with van der Waals surface area (Å²) < 4.78 is 11.2. The first-order valence-corrected chi connectivity index (χ1v) is 10.6. The average molecular weight is 400 g/mol. The van der Waals surface area contributed by atoms with Crippen molar-refractivity contribution in [2.75, 3.05) is 13.9 Å². The molecule has 1 atom stereocenters. The lowest BCUT2D eigenvalue weighted by atomic mass is 9.83. The number of aryl methyl sites for hydroxylation is 2. The Morgan fingerprint density at radius 3 is 2.29 bits per heavy atom. The van der Waals surface area contributed by atoms with Gasteiger partial charge in [-0.1, -0.05) is 73.0 Å². The summed E-state index contributed by atoms with van der Waals surface area (Å²) in [5.74, 6) is 0.882. The molecule has 1 unspecified atom stereocenters. The van der Waals surface area contributed by atoms with E-state index in [0.29, 0.717) is 8.58 Å². The fraction of sp³-hybridized carbons (Fsp3) is 0.458. The number of rotatable bonds is 7. The van der Waals surface area contributed by atoms with Gasteiger partial charge < -0.3 is 9.47 Å². The Bertz CT molecular complexity index is 848. The highest BCUT2D eigenvalue weighted by atomic mass is 31.1. The fourth-order valence-electron chi connectivity index (χ4n) is 3.28. The summed E-state index contributed by atoms with van der Waals surface area (Å²) in [6.45, 7) is 15.4. The van der Waals surface area contributed by atoms with Crippen LogP contribution in [0, 0.1) is 13.8 Å². The molecule has 0 radical (unpaired) electrons. The predicted octanol–water partition coefficient (Wildman–Crippen LogP) is 5.64.